The lowest BCUT2D eigenvalue weighted by Gasteiger charge is -2.33. The van der Waals surface area contributed by atoms with Crippen LogP contribution in [0.3, 0.4) is 0 Å². The number of benzene rings is 2. The first-order valence-corrected chi connectivity index (χ1v) is 13.9. The van der Waals surface area contributed by atoms with Gasteiger partial charge in [0.05, 0.1) is 10.0 Å². The van der Waals surface area contributed by atoms with Gasteiger partial charge in [0.1, 0.15) is 17.4 Å². The highest BCUT2D eigenvalue weighted by atomic mass is 79.9. The second-order valence-electron chi connectivity index (χ2n) is 10.00. The first-order valence-electron chi connectivity index (χ1n) is 11.9. The van der Waals surface area contributed by atoms with E-state index in [9.17, 15) is 4.79 Å². The van der Waals surface area contributed by atoms with Crippen LogP contribution in [0.25, 0.3) is 0 Å². The molecule has 1 amide bonds. The van der Waals surface area contributed by atoms with Crippen LogP contribution in [0.4, 0.5) is 10.7 Å². The SMILES string of the molecule is C=CCOc1ccc(C=Nc2sc3c(c2C(=O)Nc2ccc(Cl)cc2)CC[C@H](C(C)(C)C)C3)cc1Br. The molecule has 0 aliphatic heterocycles. The maximum absolute atomic E-state index is 13.5. The van der Waals surface area contributed by atoms with Crippen molar-refractivity contribution < 1.29 is 9.53 Å². The lowest BCUT2D eigenvalue weighted by atomic mass is 9.72. The van der Waals surface area contributed by atoms with Gasteiger partial charge in [0.15, 0.2) is 0 Å². The van der Waals surface area contributed by atoms with E-state index >= 15 is 0 Å². The van der Waals surface area contributed by atoms with Gasteiger partial charge in [-0.05, 0) is 100 Å². The van der Waals surface area contributed by atoms with Gasteiger partial charge in [-0.15, -0.1) is 11.3 Å². The third-order valence-electron chi connectivity index (χ3n) is 6.44. The largest absolute Gasteiger partial charge is 0.488 e. The number of thiophene rings is 1. The summed E-state index contributed by atoms with van der Waals surface area (Å²) < 4.78 is 6.48. The molecule has 4 nitrogen and oxygen atoms in total. The maximum Gasteiger partial charge on any atom is 0.259 e. The number of anilines is 1. The maximum atomic E-state index is 13.5. The quantitative estimate of drug-likeness (QED) is 0.222. The summed E-state index contributed by atoms with van der Waals surface area (Å²) in [7, 11) is 0. The molecule has 1 N–H and O–H groups in total. The van der Waals surface area contributed by atoms with Crippen LogP contribution in [0.5, 0.6) is 5.75 Å². The minimum absolute atomic E-state index is 0.134. The fourth-order valence-corrected chi connectivity index (χ4v) is 6.26. The van der Waals surface area contributed by atoms with Gasteiger partial charge in [-0.3, -0.25) is 4.79 Å². The fraction of sp³-hybridized carbons (Fsp3) is 0.310. The molecule has 36 heavy (non-hydrogen) atoms. The molecule has 0 radical (unpaired) electrons. The van der Waals surface area contributed by atoms with Crippen molar-refractivity contribution in [2.45, 2.75) is 40.0 Å². The van der Waals surface area contributed by atoms with Crippen LogP contribution in [0.15, 0.2) is 64.6 Å². The van der Waals surface area contributed by atoms with E-state index in [1.807, 2.05) is 30.3 Å². The van der Waals surface area contributed by atoms with Crippen LogP contribution < -0.4 is 10.1 Å². The zero-order valence-electron chi connectivity index (χ0n) is 20.7. The molecule has 1 aromatic heterocycles. The monoisotopic (exact) mass is 584 g/mol. The van der Waals surface area contributed by atoms with Crippen LogP contribution in [-0.4, -0.2) is 18.7 Å². The van der Waals surface area contributed by atoms with Gasteiger partial charge in [0.25, 0.3) is 5.91 Å². The molecule has 0 fully saturated rings. The fourth-order valence-electron chi connectivity index (χ4n) is 4.36. The van der Waals surface area contributed by atoms with Crippen molar-refractivity contribution in [1.29, 1.82) is 0 Å². The Labute approximate surface area is 230 Å². The number of aliphatic imine (C=N–C) groups is 1. The van der Waals surface area contributed by atoms with Gasteiger partial charge in [0, 0.05) is 21.8 Å². The number of amides is 1. The summed E-state index contributed by atoms with van der Waals surface area (Å²) in [6.45, 7) is 11.0. The van der Waals surface area contributed by atoms with Crippen LogP contribution >= 0.6 is 38.9 Å². The van der Waals surface area contributed by atoms with Crippen LogP contribution in [-0.2, 0) is 12.8 Å². The standard InChI is InChI=1S/C29H30BrClN2O2S/c1-5-14-35-24-13-6-18(15-23(24)30)17-32-28-26(27(34)33-21-10-8-20(31)9-11-21)22-12-7-19(29(2,3)4)16-25(22)36-28/h5-6,8-11,13,15,17,19H,1,7,12,14,16H2,2-4H3,(H,33,34)/t19-/m0/s1. The normalized spacial score (nSPS) is 15.5. The molecule has 1 aliphatic carbocycles. The number of nitrogens with one attached hydrogen (secondary N) is 1. The minimum atomic E-state index is -0.134. The van der Waals surface area contributed by atoms with Crippen molar-refractivity contribution >= 4 is 61.7 Å². The Hall–Kier alpha value is -2.41. The van der Waals surface area contributed by atoms with Gasteiger partial charge < -0.3 is 10.1 Å². The molecule has 0 unspecified atom stereocenters. The summed E-state index contributed by atoms with van der Waals surface area (Å²) in [5.74, 6) is 1.19. The van der Waals surface area contributed by atoms with Gasteiger partial charge in [-0.1, -0.05) is 45.0 Å². The molecule has 188 valence electrons. The van der Waals surface area contributed by atoms with Gasteiger partial charge in [-0.2, -0.15) is 0 Å². The molecule has 0 bridgehead atoms. The highest BCUT2D eigenvalue weighted by Gasteiger charge is 2.33. The molecule has 0 saturated carbocycles. The van der Waals surface area contributed by atoms with E-state index < -0.39 is 0 Å². The number of hydrogen-bond donors (Lipinski definition) is 1. The predicted molar refractivity (Wildman–Crippen MR) is 156 cm³/mol. The average molecular weight is 586 g/mol. The Morgan fingerprint density at radius 1 is 1.28 bits per heavy atom. The Balaban J connectivity index is 1.66. The van der Waals surface area contributed by atoms with E-state index in [0.717, 1.165) is 45.6 Å². The summed E-state index contributed by atoms with van der Waals surface area (Å²) in [5, 5.41) is 4.41. The third-order valence-corrected chi connectivity index (χ3v) is 8.48. The van der Waals surface area contributed by atoms with E-state index in [-0.39, 0.29) is 11.3 Å². The van der Waals surface area contributed by atoms with Crippen LogP contribution in [0.2, 0.25) is 5.02 Å². The molecular formula is C29H30BrClN2O2S. The van der Waals surface area contributed by atoms with Crippen molar-refractivity contribution in [3.8, 4) is 5.75 Å². The zero-order valence-corrected chi connectivity index (χ0v) is 23.9. The van der Waals surface area contributed by atoms with E-state index in [1.165, 1.54) is 4.88 Å². The summed E-state index contributed by atoms with van der Waals surface area (Å²) in [4.78, 5) is 19.6. The van der Waals surface area contributed by atoms with Crippen molar-refractivity contribution in [3.63, 3.8) is 0 Å². The second-order valence-corrected chi connectivity index (χ2v) is 12.4. The van der Waals surface area contributed by atoms with Crippen LogP contribution in [0, 0.1) is 11.3 Å². The first kappa shape index (κ1) is 26.6. The molecular weight excluding hydrogens is 556 g/mol. The molecule has 2 aromatic carbocycles. The van der Waals surface area contributed by atoms with E-state index in [4.69, 9.17) is 21.3 Å². The van der Waals surface area contributed by atoms with Crippen molar-refractivity contribution in [1.82, 2.24) is 0 Å². The van der Waals surface area contributed by atoms with E-state index in [0.29, 0.717) is 28.8 Å². The van der Waals surface area contributed by atoms with Gasteiger partial charge >= 0.3 is 0 Å². The van der Waals surface area contributed by atoms with Crippen molar-refractivity contribution in [2.75, 3.05) is 11.9 Å². The molecule has 0 spiro atoms. The topological polar surface area (TPSA) is 50.7 Å². The third kappa shape index (κ3) is 6.28. The molecule has 3 aromatic rings. The highest BCUT2D eigenvalue weighted by molar-refractivity contribution is 9.10. The number of hydrogen-bond acceptors (Lipinski definition) is 4. The Bertz CT molecular complexity index is 1290. The molecule has 4 rings (SSSR count). The summed E-state index contributed by atoms with van der Waals surface area (Å²) >= 11 is 11.2. The lowest BCUT2D eigenvalue weighted by molar-refractivity contribution is 0.102. The summed E-state index contributed by atoms with van der Waals surface area (Å²) in [6.07, 6.45) is 6.44. The number of halogens is 2. The predicted octanol–water partition coefficient (Wildman–Crippen LogP) is 8.88. The Kier molecular flexibility index (Phi) is 8.38. The molecule has 0 saturated heterocycles. The molecule has 1 aliphatic rings. The number of carbonyl (C=O) groups is 1. The zero-order chi connectivity index (χ0) is 25.9. The summed E-state index contributed by atoms with van der Waals surface area (Å²) in [6, 6.07) is 13.0. The van der Waals surface area contributed by atoms with E-state index in [2.05, 4.69) is 48.6 Å². The van der Waals surface area contributed by atoms with Crippen LogP contribution in [0.1, 0.15) is 53.6 Å². The highest BCUT2D eigenvalue weighted by Crippen LogP contribution is 2.45. The lowest BCUT2D eigenvalue weighted by Crippen LogP contribution is -2.27. The Morgan fingerprint density at radius 2 is 2.03 bits per heavy atom. The average Bonchev–Trinajstić information content (AvgIpc) is 3.21. The Morgan fingerprint density at radius 3 is 2.69 bits per heavy atom. The number of fused-ring (bicyclic) bond motifs is 1. The molecule has 1 heterocycles. The molecule has 7 heteroatoms. The number of ether oxygens (including phenoxy) is 1. The first-order chi connectivity index (χ1) is 17.2. The van der Waals surface area contributed by atoms with E-state index in [1.54, 1.807) is 35.8 Å². The number of nitrogens with zero attached hydrogens (tertiary/aromatic N) is 1. The van der Waals surface area contributed by atoms with Gasteiger partial charge in [0.2, 0.25) is 0 Å². The van der Waals surface area contributed by atoms with Crippen molar-refractivity contribution in [3.05, 3.63) is 86.2 Å². The van der Waals surface area contributed by atoms with Gasteiger partial charge in [-0.25, -0.2) is 4.99 Å². The number of rotatable bonds is 7. The van der Waals surface area contributed by atoms with Crippen molar-refractivity contribution in [2.24, 2.45) is 16.3 Å². The molecule has 1 atom stereocenters. The summed E-state index contributed by atoms with van der Waals surface area (Å²) in [5.41, 5.74) is 3.66. The smallest absolute Gasteiger partial charge is 0.259 e. The number of carbonyl (C=O) groups excluding carboxylic acids is 1. The minimum Gasteiger partial charge on any atom is -0.488 e. The second kappa shape index (κ2) is 11.3.